The summed E-state index contributed by atoms with van der Waals surface area (Å²) in [6, 6.07) is -0.175. The minimum absolute atomic E-state index is 0.112. The molecule has 0 aliphatic carbocycles. The summed E-state index contributed by atoms with van der Waals surface area (Å²) in [5.74, 6) is -1.02. The lowest BCUT2D eigenvalue weighted by molar-refractivity contribution is -0.135. The summed E-state index contributed by atoms with van der Waals surface area (Å²) >= 11 is 0. The van der Waals surface area contributed by atoms with Gasteiger partial charge in [0.2, 0.25) is 0 Å². The second-order valence-corrected chi connectivity index (χ2v) is 4.21. The van der Waals surface area contributed by atoms with Gasteiger partial charge < -0.3 is 20.2 Å². The number of hydrogen-bond acceptors (Lipinski definition) is 3. The van der Waals surface area contributed by atoms with Crippen molar-refractivity contribution in [3.63, 3.8) is 0 Å². The zero-order chi connectivity index (χ0) is 12.1. The summed E-state index contributed by atoms with van der Waals surface area (Å²) in [5.41, 5.74) is 0. The highest BCUT2D eigenvalue weighted by Crippen LogP contribution is 2.08. The fraction of sp³-hybridized carbons (Fsp3) is 0.800. The van der Waals surface area contributed by atoms with Crippen molar-refractivity contribution >= 4 is 12.0 Å². The zero-order valence-electron chi connectivity index (χ0n) is 9.77. The van der Waals surface area contributed by atoms with E-state index in [4.69, 9.17) is 5.11 Å². The van der Waals surface area contributed by atoms with Gasteiger partial charge in [-0.05, 0) is 26.9 Å². The number of urea groups is 1. The molecular weight excluding hydrogens is 210 g/mol. The highest BCUT2D eigenvalue weighted by Gasteiger charge is 2.23. The van der Waals surface area contributed by atoms with Crippen LogP contribution in [0, 0.1) is 0 Å². The smallest absolute Gasteiger partial charge is 0.323 e. The summed E-state index contributed by atoms with van der Waals surface area (Å²) < 4.78 is 0. The Hall–Kier alpha value is -1.30. The topological polar surface area (TPSA) is 72.9 Å². The fourth-order valence-corrected chi connectivity index (χ4v) is 1.93. The van der Waals surface area contributed by atoms with Crippen LogP contribution in [0.5, 0.6) is 0 Å². The number of rotatable bonds is 2. The number of carboxylic acid groups (broad SMARTS) is 1. The van der Waals surface area contributed by atoms with Gasteiger partial charge in [0.05, 0.1) is 0 Å². The third-order valence-corrected chi connectivity index (χ3v) is 2.70. The molecule has 1 aliphatic heterocycles. The molecule has 1 saturated heterocycles. The van der Waals surface area contributed by atoms with Crippen molar-refractivity contribution in [3.8, 4) is 0 Å². The van der Waals surface area contributed by atoms with Crippen LogP contribution in [0.4, 0.5) is 4.79 Å². The Morgan fingerprint density at radius 2 is 2.12 bits per heavy atom. The third kappa shape index (κ3) is 3.69. The van der Waals surface area contributed by atoms with E-state index in [9.17, 15) is 9.59 Å². The van der Waals surface area contributed by atoms with E-state index in [2.05, 4.69) is 10.2 Å². The lowest BCUT2D eigenvalue weighted by Gasteiger charge is -2.27. The maximum Gasteiger partial charge on any atom is 0.323 e. The highest BCUT2D eigenvalue weighted by atomic mass is 16.4. The van der Waals surface area contributed by atoms with Gasteiger partial charge in [0, 0.05) is 19.1 Å². The number of hydrogen-bond donors (Lipinski definition) is 2. The van der Waals surface area contributed by atoms with Crippen LogP contribution in [0.15, 0.2) is 0 Å². The molecule has 0 bridgehead atoms. The molecule has 1 aliphatic rings. The number of nitrogens with zero attached hydrogens (tertiary/aromatic N) is 2. The van der Waals surface area contributed by atoms with Crippen LogP contribution in [0.1, 0.15) is 13.3 Å². The minimum atomic E-state index is -1.02. The molecule has 16 heavy (non-hydrogen) atoms. The van der Waals surface area contributed by atoms with Crippen LogP contribution in [0.2, 0.25) is 0 Å². The molecular formula is C10H19N3O3. The van der Waals surface area contributed by atoms with Gasteiger partial charge in [-0.1, -0.05) is 0 Å². The maximum absolute atomic E-state index is 11.7. The predicted molar refractivity (Wildman–Crippen MR) is 59.3 cm³/mol. The van der Waals surface area contributed by atoms with Crippen molar-refractivity contribution in [1.82, 2.24) is 15.1 Å². The Labute approximate surface area is 95.2 Å². The first-order valence-corrected chi connectivity index (χ1v) is 5.45. The molecule has 0 aromatic heterocycles. The molecule has 1 atom stereocenters. The van der Waals surface area contributed by atoms with Gasteiger partial charge >= 0.3 is 12.0 Å². The number of nitrogens with one attached hydrogen (secondary N) is 1. The van der Waals surface area contributed by atoms with E-state index < -0.39 is 5.97 Å². The molecule has 0 radical (unpaired) electrons. The molecule has 2 N–H and O–H groups in total. The summed E-state index contributed by atoms with van der Waals surface area (Å²) in [5, 5.41) is 10.9. The van der Waals surface area contributed by atoms with Crippen molar-refractivity contribution < 1.29 is 14.7 Å². The van der Waals surface area contributed by atoms with Crippen molar-refractivity contribution in [2.75, 3.05) is 33.2 Å². The number of likely N-dealkylation sites (N-methyl/N-ethyl adjacent to an activating group) is 1. The summed E-state index contributed by atoms with van der Waals surface area (Å²) in [7, 11) is 2.02. The SMILES string of the molecule is CC1CN(C)CCCN1C(=O)NCC(=O)O. The Morgan fingerprint density at radius 3 is 2.75 bits per heavy atom. The van der Waals surface area contributed by atoms with E-state index >= 15 is 0 Å². The van der Waals surface area contributed by atoms with Gasteiger partial charge in [-0.25, -0.2) is 4.79 Å². The normalized spacial score (nSPS) is 22.6. The average molecular weight is 229 g/mol. The lowest BCUT2D eigenvalue weighted by Crippen LogP contribution is -2.48. The minimum Gasteiger partial charge on any atom is -0.480 e. The Morgan fingerprint density at radius 1 is 1.44 bits per heavy atom. The maximum atomic E-state index is 11.7. The van der Waals surface area contributed by atoms with Crippen molar-refractivity contribution in [1.29, 1.82) is 0 Å². The molecule has 92 valence electrons. The van der Waals surface area contributed by atoms with Gasteiger partial charge in [0.15, 0.2) is 0 Å². The number of aliphatic carboxylic acids is 1. The Bertz CT molecular complexity index is 270. The van der Waals surface area contributed by atoms with Gasteiger partial charge in [-0.2, -0.15) is 0 Å². The molecule has 1 unspecified atom stereocenters. The van der Waals surface area contributed by atoms with Gasteiger partial charge in [-0.3, -0.25) is 4.79 Å². The van der Waals surface area contributed by atoms with Gasteiger partial charge in [0.1, 0.15) is 6.54 Å². The van der Waals surface area contributed by atoms with Crippen LogP contribution < -0.4 is 5.32 Å². The Kier molecular flexibility index (Phi) is 4.54. The van der Waals surface area contributed by atoms with E-state index in [1.165, 1.54) is 0 Å². The van der Waals surface area contributed by atoms with Gasteiger partial charge in [0.25, 0.3) is 0 Å². The number of amides is 2. The largest absolute Gasteiger partial charge is 0.480 e. The van der Waals surface area contributed by atoms with Gasteiger partial charge in [-0.15, -0.1) is 0 Å². The van der Waals surface area contributed by atoms with E-state index in [0.717, 1.165) is 19.5 Å². The van der Waals surface area contributed by atoms with Crippen molar-refractivity contribution in [2.45, 2.75) is 19.4 Å². The molecule has 1 fully saturated rings. The third-order valence-electron chi connectivity index (χ3n) is 2.70. The van der Waals surface area contributed by atoms with Crippen molar-refractivity contribution in [2.24, 2.45) is 0 Å². The molecule has 0 aromatic rings. The molecule has 0 saturated carbocycles. The highest BCUT2D eigenvalue weighted by molar-refractivity contribution is 5.80. The monoisotopic (exact) mass is 229 g/mol. The van der Waals surface area contributed by atoms with E-state index in [0.29, 0.717) is 6.54 Å². The summed E-state index contributed by atoms with van der Waals surface area (Å²) in [4.78, 5) is 25.9. The van der Waals surface area contributed by atoms with Crippen LogP contribution in [-0.2, 0) is 4.79 Å². The first-order chi connectivity index (χ1) is 7.50. The second-order valence-electron chi connectivity index (χ2n) is 4.21. The first-order valence-electron chi connectivity index (χ1n) is 5.45. The lowest BCUT2D eigenvalue weighted by atomic mass is 10.3. The molecule has 6 nitrogen and oxygen atoms in total. The molecule has 1 heterocycles. The molecule has 0 aromatic carbocycles. The van der Waals surface area contributed by atoms with Crippen LogP contribution in [-0.4, -0.2) is 66.2 Å². The van der Waals surface area contributed by atoms with E-state index in [1.807, 2.05) is 14.0 Å². The first kappa shape index (κ1) is 12.8. The van der Waals surface area contributed by atoms with Crippen LogP contribution in [0.3, 0.4) is 0 Å². The molecule has 6 heteroatoms. The summed E-state index contributed by atoms with van der Waals surface area (Å²) in [6.45, 7) is 4.12. The number of carbonyl (C=O) groups is 2. The second kappa shape index (κ2) is 5.69. The number of carboxylic acids is 1. The summed E-state index contributed by atoms with van der Waals surface area (Å²) in [6.07, 6.45) is 0.918. The van der Waals surface area contributed by atoms with Crippen LogP contribution in [0.25, 0.3) is 0 Å². The molecule has 1 rings (SSSR count). The predicted octanol–water partition coefficient (Wildman–Crippen LogP) is -0.193. The van der Waals surface area contributed by atoms with Crippen molar-refractivity contribution in [3.05, 3.63) is 0 Å². The standard InChI is InChI=1S/C10H19N3O3/c1-8-7-12(2)4-3-5-13(8)10(16)11-6-9(14)15/h8H,3-7H2,1-2H3,(H,11,16)(H,14,15). The van der Waals surface area contributed by atoms with E-state index in [1.54, 1.807) is 4.90 Å². The fourth-order valence-electron chi connectivity index (χ4n) is 1.93. The zero-order valence-corrected chi connectivity index (χ0v) is 9.77. The Balaban J connectivity index is 2.50. The average Bonchev–Trinajstić information content (AvgIpc) is 2.35. The van der Waals surface area contributed by atoms with E-state index in [-0.39, 0.29) is 18.6 Å². The van der Waals surface area contributed by atoms with Crippen LogP contribution >= 0.6 is 0 Å². The molecule has 2 amide bonds. The quantitative estimate of drug-likeness (QED) is 0.688. The number of carbonyl (C=O) groups excluding carboxylic acids is 1. The molecule has 0 spiro atoms.